The van der Waals surface area contributed by atoms with Crippen molar-refractivity contribution in [1.29, 1.82) is 0 Å². The predicted molar refractivity (Wildman–Crippen MR) is 36.7 cm³/mol. The molecule has 0 bridgehead atoms. The third kappa shape index (κ3) is 3.40. The van der Waals surface area contributed by atoms with Crippen molar-refractivity contribution >= 4 is 6.21 Å². The van der Waals surface area contributed by atoms with Gasteiger partial charge in [0.25, 0.3) is 0 Å². The first-order chi connectivity index (χ1) is 3.81. The van der Waals surface area contributed by atoms with Gasteiger partial charge in [-0.15, -0.1) is 0 Å². The zero-order valence-corrected chi connectivity index (χ0v) is 5.60. The van der Waals surface area contributed by atoms with Crippen LogP contribution in [0.2, 0.25) is 0 Å². The fraction of sp³-hybridized carbons (Fsp3) is 0.500. The van der Waals surface area contributed by atoms with Crippen LogP contribution in [0.3, 0.4) is 0 Å². The van der Waals surface area contributed by atoms with E-state index in [2.05, 4.69) is 10.5 Å². The van der Waals surface area contributed by atoms with Crippen LogP contribution in [0.5, 0.6) is 0 Å². The minimum absolute atomic E-state index is 1.07. The monoisotopic (exact) mass is 112 g/mol. The van der Waals surface area contributed by atoms with Gasteiger partial charge in [-0.25, -0.2) is 0 Å². The van der Waals surface area contributed by atoms with Crippen molar-refractivity contribution < 1.29 is 0 Å². The third-order valence-electron chi connectivity index (χ3n) is 0.803. The predicted octanol–water partition coefficient (Wildman–Crippen LogP) is 1.51. The number of nitrogens with zero attached hydrogens (tertiary/aromatic N) is 1. The van der Waals surface area contributed by atoms with Crippen molar-refractivity contribution in [2.24, 2.45) is 5.10 Å². The Morgan fingerprint density at radius 2 is 2.12 bits per heavy atom. The quantitative estimate of drug-likeness (QED) is 0.425. The Morgan fingerprint density at radius 1 is 1.50 bits per heavy atom. The van der Waals surface area contributed by atoms with E-state index < -0.39 is 0 Å². The van der Waals surface area contributed by atoms with E-state index in [9.17, 15) is 0 Å². The number of hydrogen-bond acceptors (Lipinski definition) is 2. The number of hydrogen-bond donors (Lipinski definition) is 1. The van der Waals surface area contributed by atoms with Gasteiger partial charge < -0.3 is 0 Å². The lowest BCUT2D eigenvalue weighted by atomic mass is 10.5. The molecule has 0 unspecified atom stereocenters. The Hall–Kier alpha value is -0.790. The van der Waals surface area contributed by atoms with Crippen LogP contribution in [0, 0.1) is 0 Å². The summed E-state index contributed by atoms with van der Waals surface area (Å²) in [6, 6.07) is 0. The molecular formula is C6H12N2. The van der Waals surface area contributed by atoms with E-state index in [0.29, 0.717) is 0 Å². The Morgan fingerprint density at radius 3 is 2.50 bits per heavy atom. The Kier molecular flexibility index (Phi) is 3.94. The normalized spacial score (nSPS) is 12.6. The van der Waals surface area contributed by atoms with E-state index in [1.807, 2.05) is 26.8 Å². The highest BCUT2D eigenvalue weighted by molar-refractivity contribution is 5.52. The van der Waals surface area contributed by atoms with Gasteiger partial charge in [0, 0.05) is 11.9 Å². The van der Waals surface area contributed by atoms with Gasteiger partial charge in [-0.05, 0) is 20.8 Å². The average Bonchev–Trinajstić information content (AvgIpc) is 1.83. The molecule has 0 aromatic carbocycles. The molecule has 0 radical (unpaired) electrons. The number of allylic oxidation sites excluding steroid dienone is 2. The minimum Gasteiger partial charge on any atom is -0.284 e. The van der Waals surface area contributed by atoms with Crippen LogP contribution in [0.15, 0.2) is 16.9 Å². The van der Waals surface area contributed by atoms with Crippen molar-refractivity contribution in [3.63, 3.8) is 0 Å². The van der Waals surface area contributed by atoms with E-state index >= 15 is 0 Å². The van der Waals surface area contributed by atoms with Crippen molar-refractivity contribution in [1.82, 2.24) is 5.43 Å². The molecule has 0 aromatic rings. The molecule has 0 saturated heterocycles. The summed E-state index contributed by atoms with van der Waals surface area (Å²) in [6.45, 7) is 5.80. The lowest BCUT2D eigenvalue weighted by Gasteiger charge is -1.94. The Bertz CT molecular complexity index is 103. The van der Waals surface area contributed by atoms with Crippen LogP contribution in [0.25, 0.3) is 0 Å². The fourth-order valence-corrected chi connectivity index (χ4v) is 0.231. The first-order valence-electron chi connectivity index (χ1n) is 2.68. The molecule has 2 heteroatoms. The van der Waals surface area contributed by atoms with Crippen LogP contribution < -0.4 is 5.43 Å². The largest absolute Gasteiger partial charge is 0.284 e. The average molecular weight is 112 g/mol. The molecule has 0 aromatic heterocycles. The van der Waals surface area contributed by atoms with E-state index in [4.69, 9.17) is 0 Å². The summed E-state index contributed by atoms with van der Waals surface area (Å²) < 4.78 is 0. The summed E-state index contributed by atoms with van der Waals surface area (Å²) in [6.07, 6.45) is 3.68. The smallest absolute Gasteiger partial charge is 0.0262 e. The molecule has 0 heterocycles. The van der Waals surface area contributed by atoms with Crippen LogP contribution >= 0.6 is 0 Å². The van der Waals surface area contributed by atoms with Gasteiger partial charge in [-0.2, -0.15) is 5.10 Å². The first kappa shape index (κ1) is 7.21. The lowest BCUT2D eigenvalue weighted by molar-refractivity contribution is 0.889. The number of rotatable bonds is 2. The summed E-state index contributed by atoms with van der Waals surface area (Å²) in [7, 11) is 0. The van der Waals surface area contributed by atoms with Gasteiger partial charge in [0.1, 0.15) is 0 Å². The molecule has 0 aliphatic carbocycles. The maximum atomic E-state index is 3.80. The molecule has 0 aliphatic heterocycles. The minimum atomic E-state index is 1.07. The summed E-state index contributed by atoms with van der Waals surface area (Å²) in [4.78, 5) is 0. The maximum absolute atomic E-state index is 3.80. The lowest BCUT2D eigenvalue weighted by Crippen LogP contribution is -1.99. The highest BCUT2D eigenvalue weighted by Gasteiger charge is 1.74. The molecular weight excluding hydrogens is 100 g/mol. The first-order valence-corrected chi connectivity index (χ1v) is 2.68. The molecule has 0 aliphatic rings. The standard InChI is InChI=1S/C6H12N2/c1-4-6(3)8-7-5-2/h4-5,8H,1-3H3/b6-4+,7-5-. The summed E-state index contributed by atoms with van der Waals surface area (Å²) >= 11 is 0. The summed E-state index contributed by atoms with van der Waals surface area (Å²) in [5.41, 5.74) is 3.88. The Labute approximate surface area is 50.3 Å². The molecule has 2 nitrogen and oxygen atoms in total. The Balaban J connectivity index is 3.40. The molecule has 8 heavy (non-hydrogen) atoms. The zero-order chi connectivity index (χ0) is 6.41. The molecule has 0 atom stereocenters. The maximum Gasteiger partial charge on any atom is 0.0262 e. The summed E-state index contributed by atoms with van der Waals surface area (Å²) in [5, 5.41) is 3.80. The van der Waals surface area contributed by atoms with Crippen molar-refractivity contribution in [3.05, 3.63) is 11.8 Å². The van der Waals surface area contributed by atoms with Crippen molar-refractivity contribution in [3.8, 4) is 0 Å². The second kappa shape index (κ2) is 4.37. The topological polar surface area (TPSA) is 24.4 Å². The molecule has 46 valence electrons. The number of nitrogens with one attached hydrogen (secondary N) is 1. The van der Waals surface area contributed by atoms with Crippen LogP contribution in [0.4, 0.5) is 0 Å². The molecule has 1 N–H and O–H groups in total. The van der Waals surface area contributed by atoms with E-state index in [1.165, 1.54) is 0 Å². The van der Waals surface area contributed by atoms with Gasteiger partial charge in [0.05, 0.1) is 0 Å². The summed E-state index contributed by atoms with van der Waals surface area (Å²) in [5.74, 6) is 0. The molecule has 0 saturated carbocycles. The van der Waals surface area contributed by atoms with Gasteiger partial charge in [0.2, 0.25) is 0 Å². The van der Waals surface area contributed by atoms with Crippen molar-refractivity contribution in [2.45, 2.75) is 20.8 Å². The SMILES string of the molecule is C/C=N\N/C(C)=C/C. The second-order valence-corrected chi connectivity index (χ2v) is 1.47. The van der Waals surface area contributed by atoms with Crippen LogP contribution in [0.1, 0.15) is 20.8 Å². The fourth-order valence-electron chi connectivity index (χ4n) is 0.231. The molecule has 0 amide bonds. The van der Waals surface area contributed by atoms with E-state index in [0.717, 1.165) is 5.70 Å². The van der Waals surface area contributed by atoms with Crippen LogP contribution in [-0.2, 0) is 0 Å². The molecule has 0 spiro atoms. The van der Waals surface area contributed by atoms with E-state index in [-0.39, 0.29) is 0 Å². The van der Waals surface area contributed by atoms with Gasteiger partial charge in [-0.1, -0.05) is 6.08 Å². The zero-order valence-electron chi connectivity index (χ0n) is 5.60. The second-order valence-electron chi connectivity index (χ2n) is 1.47. The van der Waals surface area contributed by atoms with Gasteiger partial charge >= 0.3 is 0 Å². The van der Waals surface area contributed by atoms with Gasteiger partial charge in [0.15, 0.2) is 0 Å². The van der Waals surface area contributed by atoms with E-state index in [1.54, 1.807) is 6.21 Å². The van der Waals surface area contributed by atoms with Crippen molar-refractivity contribution in [2.75, 3.05) is 0 Å². The third-order valence-corrected chi connectivity index (χ3v) is 0.803. The highest BCUT2D eigenvalue weighted by Crippen LogP contribution is 1.81. The molecule has 0 fully saturated rings. The highest BCUT2D eigenvalue weighted by atomic mass is 15.3. The van der Waals surface area contributed by atoms with Crippen LogP contribution in [-0.4, -0.2) is 6.21 Å². The molecule has 0 rings (SSSR count). The van der Waals surface area contributed by atoms with Gasteiger partial charge in [-0.3, -0.25) is 5.43 Å². The number of hydrazone groups is 1.